The summed E-state index contributed by atoms with van der Waals surface area (Å²) in [4.78, 5) is 30.6. The summed E-state index contributed by atoms with van der Waals surface area (Å²) in [7, 11) is 0. The van der Waals surface area contributed by atoms with Gasteiger partial charge in [-0.3, -0.25) is 9.59 Å². The molecule has 0 atom stereocenters. The maximum absolute atomic E-state index is 12.4. The van der Waals surface area contributed by atoms with Crippen LogP contribution in [0.25, 0.3) is 0 Å². The zero-order valence-corrected chi connectivity index (χ0v) is 20.9. The molecule has 0 radical (unpaired) electrons. The average Bonchev–Trinajstić information content (AvgIpc) is 3.07. The first-order valence-electron chi connectivity index (χ1n) is 10.5. The van der Waals surface area contributed by atoms with Crippen molar-refractivity contribution >= 4 is 41.8 Å². The zero-order valence-electron chi connectivity index (χ0n) is 18.6. The predicted molar refractivity (Wildman–Crippen MR) is 132 cm³/mol. The van der Waals surface area contributed by atoms with E-state index in [0.29, 0.717) is 18.5 Å². The summed E-state index contributed by atoms with van der Waals surface area (Å²) in [6.07, 6.45) is 2.55. The van der Waals surface area contributed by atoms with Crippen molar-refractivity contribution in [1.82, 2.24) is 20.9 Å². The van der Waals surface area contributed by atoms with E-state index in [9.17, 15) is 9.59 Å². The molecule has 168 valence electrons. The SMILES string of the molecule is CCNC(=NCc1cccc(C(=O)NC(C)(C)C)c1)NCCCN1CCCC1=O.I. The maximum atomic E-state index is 12.4. The monoisotopic (exact) mass is 529 g/mol. The van der Waals surface area contributed by atoms with E-state index in [1.54, 1.807) is 0 Å². The van der Waals surface area contributed by atoms with Crippen LogP contribution < -0.4 is 16.0 Å². The normalized spacial score (nSPS) is 14.3. The fraction of sp³-hybridized carbons (Fsp3) is 0.591. The number of nitrogens with one attached hydrogen (secondary N) is 3. The minimum Gasteiger partial charge on any atom is -0.357 e. The van der Waals surface area contributed by atoms with Gasteiger partial charge in [0.2, 0.25) is 5.91 Å². The molecule has 3 N–H and O–H groups in total. The molecule has 1 heterocycles. The lowest BCUT2D eigenvalue weighted by molar-refractivity contribution is -0.127. The Morgan fingerprint density at radius 1 is 1.23 bits per heavy atom. The quantitative estimate of drug-likeness (QED) is 0.209. The number of rotatable bonds is 8. The number of hydrogen-bond donors (Lipinski definition) is 3. The summed E-state index contributed by atoms with van der Waals surface area (Å²) in [5.74, 6) is 0.926. The van der Waals surface area contributed by atoms with Crippen molar-refractivity contribution in [2.45, 2.75) is 59.0 Å². The van der Waals surface area contributed by atoms with E-state index in [2.05, 4.69) is 20.9 Å². The van der Waals surface area contributed by atoms with Crippen LogP contribution in [0, 0.1) is 0 Å². The van der Waals surface area contributed by atoms with Gasteiger partial charge in [0.05, 0.1) is 6.54 Å². The molecule has 1 aromatic carbocycles. The lowest BCUT2D eigenvalue weighted by Crippen LogP contribution is -2.40. The Morgan fingerprint density at radius 3 is 2.63 bits per heavy atom. The molecule has 0 saturated carbocycles. The van der Waals surface area contributed by atoms with Gasteiger partial charge < -0.3 is 20.9 Å². The Labute approximate surface area is 197 Å². The minimum atomic E-state index is -0.271. The molecule has 8 heteroatoms. The molecular weight excluding hydrogens is 493 g/mol. The second-order valence-electron chi connectivity index (χ2n) is 8.36. The number of carbonyl (C=O) groups excluding carboxylic acids is 2. The van der Waals surface area contributed by atoms with Gasteiger partial charge in [0, 0.05) is 43.7 Å². The molecule has 1 aromatic rings. The predicted octanol–water partition coefficient (Wildman–Crippen LogP) is 2.90. The zero-order chi connectivity index (χ0) is 21.3. The van der Waals surface area contributed by atoms with E-state index in [-0.39, 0.29) is 41.3 Å². The molecule has 1 saturated heterocycles. The van der Waals surface area contributed by atoms with Gasteiger partial charge in [0.15, 0.2) is 5.96 Å². The van der Waals surface area contributed by atoms with Gasteiger partial charge in [-0.2, -0.15) is 0 Å². The third kappa shape index (κ3) is 9.32. The minimum absolute atomic E-state index is 0. The molecule has 1 aliphatic heterocycles. The molecule has 0 aromatic heterocycles. The second-order valence-corrected chi connectivity index (χ2v) is 8.36. The Morgan fingerprint density at radius 2 is 2.00 bits per heavy atom. The Balaban J connectivity index is 0.00000450. The van der Waals surface area contributed by atoms with Crippen molar-refractivity contribution in [3.05, 3.63) is 35.4 Å². The van der Waals surface area contributed by atoms with Gasteiger partial charge in [-0.25, -0.2) is 4.99 Å². The van der Waals surface area contributed by atoms with Crippen molar-refractivity contribution in [2.75, 3.05) is 26.2 Å². The molecule has 1 aliphatic rings. The van der Waals surface area contributed by atoms with E-state index < -0.39 is 0 Å². The fourth-order valence-corrected chi connectivity index (χ4v) is 3.15. The summed E-state index contributed by atoms with van der Waals surface area (Å²) in [5.41, 5.74) is 1.35. The second kappa shape index (κ2) is 12.8. The molecule has 0 spiro atoms. The van der Waals surface area contributed by atoms with Gasteiger partial charge in [0.1, 0.15) is 0 Å². The van der Waals surface area contributed by atoms with Gasteiger partial charge in [-0.05, 0) is 58.2 Å². The number of aliphatic imine (C=N–C) groups is 1. The number of amides is 2. The van der Waals surface area contributed by atoms with Crippen molar-refractivity contribution in [3.8, 4) is 0 Å². The summed E-state index contributed by atoms with van der Waals surface area (Å²) in [6, 6.07) is 7.56. The van der Waals surface area contributed by atoms with Crippen LogP contribution in [-0.4, -0.2) is 54.4 Å². The van der Waals surface area contributed by atoms with E-state index in [1.807, 2.05) is 56.9 Å². The standard InChI is InChI=1S/C22H35N5O2.HI/c1-5-23-21(24-12-8-14-27-13-7-11-19(27)28)25-16-17-9-6-10-18(15-17)20(29)26-22(2,3)4;/h6,9-10,15H,5,7-8,11-14,16H2,1-4H3,(H,26,29)(H2,23,24,25);1H. The maximum Gasteiger partial charge on any atom is 0.251 e. The molecule has 2 rings (SSSR count). The lowest BCUT2D eigenvalue weighted by atomic mass is 10.1. The smallest absolute Gasteiger partial charge is 0.251 e. The van der Waals surface area contributed by atoms with Crippen LogP contribution in [0.4, 0.5) is 0 Å². The van der Waals surface area contributed by atoms with Crippen LogP contribution in [0.1, 0.15) is 62.9 Å². The highest BCUT2D eigenvalue weighted by Gasteiger charge is 2.19. The molecule has 30 heavy (non-hydrogen) atoms. The van der Waals surface area contributed by atoms with E-state index in [4.69, 9.17) is 0 Å². The highest BCUT2D eigenvalue weighted by Crippen LogP contribution is 2.10. The van der Waals surface area contributed by atoms with Crippen molar-refractivity contribution in [3.63, 3.8) is 0 Å². The summed E-state index contributed by atoms with van der Waals surface area (Å²) >= 11 is 0. The molecule has 0 unspecified atom stereocenters. The lowest BCUT2D eigenvalue weighted by Gasteiger charge is -2.20. The molecule has 7 nitrogen and oxygen atoms in total. The van der Waals surface area contributed by atoms with E-state index in [1.165, 1.54) is 0 Å². The summed E-state index contributed by atoms with van der Waals surface area (Å²) in [6.45, 7) is 11.6. The van der Waals surface area contributed by atoms with Crippen LogP contribution in [0.3, 0.4) is 0 Å². The number of likely N-dealkylation sites (tertiary alicyclic amines) is 1. The third-order valence-corrected chi connectivity index (χ3v) is 4.51. The molecule has 0 bridgehead atoms. The average molecular weight is 529 g/mol. The largest absolute Gasteiger partial charge is 0.357 e. The van der Waals surface area contributed by atoms with E-state index in [0.717, 1.165) is 50.5 Å². The van der Waals surface area contributed by atoms with Crippen LogP contribution in [0.5, 0.6) is 0 Å². The van der Waals surface area contributed by atoms with Crippen LogP contribution in [0.15, 0.2) is 29.3 Å². The Bertz CT molecular complexity index is 730. The fourth-order valence-electron chi connectivity index (χ4n) is 3.15. The van der Waals surface area contributed by atoms with Crippen molar-refractivity contribution in [2.24, 2.45) is 4.99 Å². The van der Waals surface area contributed by atoms with Gasteiger partial charge >= 0.3 is 0 Å². The summed E-state index contributed by atoms with van der Waals surface area (Å²) in [5, 5.41) is 9.54. The van der Waals surface area contributed by atoms with Crippen molar-refractivity contribution in [1.29, 1.82) is 0 Å². The van der Waals surface area contributed by atoms with Crippen molar-refractivity contribution < 1.29 is 9.59 Å². The molecule has 1 fully saturated rings. The first kappa shape index (κ1) is 26.2. The Kier molecular flexibility index (Phi) is 11.1. The first-order chi connectivity index (χ1) is 13.8. The topological polar surface area (TPSA) is 85.8 Å². The molecular formula is C22H36IN5O2. The molecule has 2 amide bonds. The van der Waals surface area contributed by atoms with Gasteiger partial charge in [-0.1, -0.05) is 12.1 Å². The highest BCUT2D eigenvalue weighted by molar-refractivity contribution is 14.0. The third-order valence-electron chi connectivity index (χ3n) is 4.51. The van der Waals surface area contributed by atoms with Crippen LogP contribution in [0.2, 0.25) is 0 Å². The van der Waals surface area contributed by atoms with Gasteiger partial charge in [0.25, 0.3) is 5.91 Å². The number of halogens is 1. The number of carbonyl (C=O) groups is 2. The number of benzene rings is 1. The van der Waals surface area contributed by atoms with E-state index >= 15 is 0 Å². The highest BCUT2D eigenvalue weighted by atomic mass is 127. The summed E-state index contributed by atoms with van der Waals surface area (Å²) < 4.78 is 0. The van der Waals surface area contributed by atoms with Gasteiger partial charge in [-0.15, -0.1) is 24.0 Å². The van der Waals surface area contributed by atoms with Crippen LogP contribution in [-0.2, 0) is 11.3 Å². The number of guanidine groups is 1. The first-order valence-corrected chi connectivity index (χ1v) is 10.5. The Hall–Kier alpha value is -1.84. The number of nitrogens with zero attached hydrogens (tertiary/aromatic N) is 2. The van der Waals surface area contributed by atoms with Crippen LogP contribution >= 0.6 is 24.0 Å². The number of hydrogen-bond acceptors (Lipinski definition) is 3. The molecule has 0 aliphatic carbocycles.